The van der Waals surface area contributed by atoms with Crippen LogP contribution in [0.25, 0.3) is 17.3 Å². The molecule has 4 rings (SSSR count). The molecule has 0 unspecified atom stereocenters. The predicted molar refractivity (Wildman–Crippen MR) is 117 cm³/mol. The van der Waals surface area contributed by atoms with Gasteiger partial charge < -0.3 is 9.84 Å². The lowest BCUT2D eigenvalue weighted by Gasteiger charge is -2.12. The van der Waals surface area contributed by atoms with Crippen LogP contribution in [0.3, 0.4) is 0 Å². The Morgan fingerprint density at radius 2 is 1.90 bits per heavy atom. The first-order valence-electron chi connectivity index (χ1n) is 9.22. The van der Waals surface area contributed by atoms with Gasteiger partial charge >= 0.3 is 5.97 Å². The molecular formula is C22H17N3O4S. The highest BCUT2D eigenvalue weighted by atomic mass is 32.1. The van der Waals surface area contributed by atoms with E-state index in [9.17, 15) is 14.7 Å². The molecule has 3 aromatic rings. The van der Waals surface area contributed by atoms with E-state index in [1.54, 1.807) is 55.5 Å². The highest BCUT2D eigenvalue weighted by Crippen LogP contribution is 2.36. The van der Waals surface area contributed by atoms with Gasteiger partial charge in [0.25, 0.3) is 5.56 Å². The quantitative estimate of drug-likeness (QED) is 0.495. The molecule has 1 aromatic heterocycles. The topological polar surface area (TPSA) is 96.7 Å². The van der Waals surface area contributed by atoms with E-state index < -0.39 is 11.5 Å². The molecule has 7 nitrogen and oxygen atoms in total. The van der Waals surface area contributed by atoms with Gasteiger partial charge in [0.05, 0.1) is 18.0 Å². The highest BCUT2D eigenvalue weighted by molar-refractivity contribution is 7.71. The minimum Gasteiger partial charge on any atom is -0.494 e. The third-order valence-corrected chi connectivity index (χ3v) is 4.86. The summed E-state index contributed by atoms with van der Waals surface area (Å²) in [5.41, 5.74) is 1.67. The zero-order valence-corrected chi connectivity index (χ0v) is 16.8. The summed E-state index contributed by atoms with van der Waals surface area (Å²) < 4.78 is 6.52. The number of aliphatic imine (C=N–C) groups is 1. The molecule has 2 aromatic carbocycles. The van der Waals surface area contributed by atoms with Gasteiger partial charge in [-0.05, 0) is 43.4 Å². The molecule has 0 saturated heterocycles. The molecule has 30 heavy (non-hydrogen) atoms. The molecular weight excluding hydrogens is 402 g/mol. The van der Waals surface area contributed by atoms with E-state index in [4.69, 9.17) is 17.0 Å². The van der Waals surface area contributed by atoms with Crippen molar-refractivity contribution >= 4 is 41.2 Å². The Balaban J connectivity index is 1.94. The molecule has 0 spiro atoms. The Hall–Kier alpha value is -3.78. The fourth-order valence-corrected chi connectivity index (χ4v) is 3.52. The van der Waals surface area contributed by atoms with Crippen LogP contribution in [0.15, 0.2) is 64.4 Å². The first-order chi connectivity index (χ1) is 14.5. The van der Waals surface area contributed by atoms with Crippen LogP contribution in [0.5, 0.6) is 5.88 Å². The molecule has 150 valence electrons. The largest absolute Gasteiger partial charge is 0.494 e. The summed E-state index contributed by atoms with van der Waals surface area (Å²) in [6.45, 7) is 1.89. The van der Waals surface area contributed by atoms with Crippen LogP contribution in [0, 0.1) is 4.77 Å². The number of H-pyrrole nitrogens is 1. The molecule has 0 bridgehead atoms. The van der Waals surface area contributed by atoms with E-state index in [1.165, 1.54) is 10.6 Å². The SMILES string of the molecule is CCOC(=O)C1=Nc2ccccc2C1=Cc1c(O)n(-c2ccccc2)c(=S)[nH]c1=O. The van der Waals surface area contributed by atoms with Gasteiger partial charge in [0.15, 0.2) is 10.5 Å². The molecule has 2 heterocycles. The average Bonchev–Trinajstić information content (AvgIpc) is 3.10. The zero-order chi connectivity index (χ0) is 21.3. The maximum Gasteiger partial charge on any atom is 0.357 e. The van der Waals surface area contributed by atoms with Crippen LogP contribution in [0.1, 0.15) is 18.1 Å². The van der Waals surface area contributed by atoms with Crippen LogP contribution < -0.4 is 5.56 Å². The lowest BCUT2D eigenvalue weighted by Crippen LogP contribution is -2.19. The fourth-order valence-electron chi connectivity index (χ4n) is 3.24. The molecule has 0 fully saturated rings. The molecule has 0 radical (unpaired) electrons. The standard InChI is InChI=1S/C22H17N3O4S/c1-2-29-21(28)18-15(14-10-6-7-11-17(14)23-18)12-16-19(26)24-22(30)25(20(16)27)13-8-4-3-5-9-13/h3-12,27H,2H2,1H3,(H,24,26,30). The van der Waals surface area contributed by atoms with Gasteiger partial charge in [0.1, 0.15) is 5.56 Å². The van der Waals surface area contributed by atoms with E-state index in [1.807, 2.05) is 6.07 Å². The van der Waals surface area contributed by atoms with Crippen molar-refractivity contribution in [3.05, 3.63) is 80.8 Å². The summed E-state index contributed by atoms with van der Waals surface area (Å²) in [5, 5.41) is 10.9. The van der Waals surface area contributed by atoms with Crippen molar-refractivity contribution in [2.75, 3.05) is 6.61 Å². The Labute approximate surface area is 176 Å². The molecule has 1 aliphatic rings. The molecule has 0 amide bonds. The summed E-state index contributed by atoms with van der Waals surface area (Å²) >= 11 is 5.24. The lowest BCUT2D eigenvalue weighted by atomic mass is 10.0. The molecule has 2 N–H and O–H groups in total. The number of fused-ring (bicyclic) bond motifs is 1. The monoisotopic (exact) mass is 419 g/mol. The van der Waals surface area contributed by atoms with Crippen molar-refractivity contribution in [3.8, 4) is 11.6 Å². The van der Waals surface area contributed by atoms with E-state index in [2.05, 4.69) is 9.98 Å². The van der Waals surface area contributed by atoms with Gasteiger partial charge in [-0.3, -0.25) is 14.3 Å². The minimum absolute atomic E-state index is 0.0452. The number of aromatic nitrogens is 2. The number of hydrogen-bond donors (Lipinski definition) is 2. The third-order valence-electron chi connectivity index (χ3n) is 4.57. The fraction of sp³-hybridized carbons (Fsp3) is 0.0909. The van der Waals surface area contributed by atoms with Crippen molar-refractivity contribution in [3.63, 3.8) is 0 Å². The van der Waals surface area contributed by atoms with E-state index in [0.717, 1.165) is 0 Å². The van der Waals surface area contributed by atoms with Gasteiger partial charge in [0, 0.05) is 11.1 Å². The Morgan fingerprint density at radius 1 is 1.20 bits per heavy atom. The molecule has 1 aliphatic heterocycles. The second kappa shape index (κ2) is 7.92. The smallest absolute Gasteiger partial charge is 0.357 e. The van der Waals surface area contributed by atoms with Crippen LogP contribution in [-0.2, 0) is 9.53 Å². The molecule has 0 atom stereocenters. The molecule has 0 saturated carbocycles. The second-order valence-electron chi connectivity index (χ2n) is 6.42. The first kappa shape index (κ1) is 19.5. The first-order valence-corrected chi connectivity index (χ1v) is 9.63. The van der Waals surface area contributed by atoms with Gasteiger partial charge in [-0.25, -0.2) is 9.79 Å². The van der Waals surface area contributed by atoms with Crippen molar-refractivity contribution in [1.82, 2.24) is 9.55 Å². The second-order valence-corrected chi connectivity index (χ2v) is 6.81. The predicted octanol–water partition coefficient (Wildman–Crippen LogP) is 3.79. The van der Waals surface area contributed by atoms with Gasteiger partial charge in [-0.1, -0.05) is 36.4 Å². The number of aromatic amines is 1. The normalized spacial score (nSPS) is 13.8. The third kappa shape index (κ3) is 3.37. The van der Waals surface area contributed by atoms with E-state index in [-0.39, 0.29) is 28.5 Å². The van der Waals surface area contributed by atoms with E-state index >= 15 is 0 Å². The Bertz CT molecular complexity index is 1320. The van der Waals surface area contributed by atoms with Crippen LogP contribution in [-0.4, -0.2) is 32.9 Å². The Kier molecular flexibility index (Phi) is 5.16. The molecule has 0 aliphatic carbocycles. The lowest BCUT2D eigenvalue weighted by molar-refractivity contribution is -0.134. The number of esters is 1. The summed E-state index contributed by atoms with van der Waals surface area (Å²) in [4.78, 5) is 32.0. The Morgan fingerprint density at radius 3 is 2.63 bits per heavy atom. The summed E-state index contributed by atoms with van der Waals surface area (Å²) in [6.07, 6.45) is 1.43. The summed E-state index contributed by atoms with van der Waals surface area (Å²) in [7, 11) is 0. The van der Waals surface area contributed by atoms with Crippen LogP contribution >= 0.6 is 12.2 Å². The number of aromatic hydroxyl groups is 1. The van der Waals surface area contributed by atoms with E-state index in [0.29, 0.717) is 22.5 Å². The van der Waals surface area contributed by atoms with Crippen LogP contribution in [0.2, 0.25) is 0 Å². The number of benzene rings is 2. The van der Waals surface area contributed by atoms with Gasteiger partial charge in [0.2, 0.25) is 5.88 Å². The van der Waals surface area contributed by atoms with Gasteiger partial charge in [-0.2, -0.15) is 0 Å². The summed E-state index contributed by atoms with van der Waals surface area (Å²) in [5.74, 6) is -0.943. The van der Waals surface area contributed by atoms with Crippen molar-refractivity contribution in [2.24, 2.45) is 4.99 Å². The van der Waals surface area contributed by atoms with Gasteiger partial charge in [-0.15, -0.1) is 0 Å². The number of rotatable bonds is 4. The summed E-state index contributed by atoms with van der Waals surface area (Å²) in [6, 6.07) is 16.1. The van der Waals surface area contributed by atoms with Crippen LogP contribution in [0.4, 0.5) is 5.69 Å². The number of para-hydroxylation sites is 2. The molecule has 8 heteroatoms. The average molecular weight is 419 g/mol. The highest BCUT2D eigenvalue weighted by Gasteiger charge is 2.28. The van der Waals surface area contributed by atoms with Crippen molar-refractivity contribution in [2.45, 2.75) is 6.92 Å². The maximum atomic E-state index is 12.7. The zero-order valence-electron chi connectivity index (χ0n) is 16.0. The minimum atomic E-state index is -0.605. The van der Waals surface area contributed by atoms with Crippen molar-refractivity contribution in [1.29, 1.82) is 0 Å². The number of nitrogens with one attached hydrogen (secondary N) is 1. The maximum absolute atomic E-state index is 12.7. The number of carbonyl (C=O) groups excluding carboxylic acids is 1. The number of carbonyl (C=O) groups is 1. The number of ether oxygens (including phenoxy) is 1. The number of hydrogen-bond acceptors (Lipinski definition) is 6. The number of nitrogens with zero attached hydrogens (tertiary/aromatic N) is 2. The van der Waals surface area contributed by atoms with Crippen molar-refractivity contribution < 1.29 is 14.6 Å².